The van der Waals surface area contributed by atoms with E-state index in [0.717, 1.165) is 24.9 Å². The summed E-state index contributed by atoms with van der Waals surface area (Å²) in [6.45, 7) is 0. The van der Waals surface area contributed by atoms with Gasteiger partial charge in [-0.1, -0.05) is 6.07 Å². The Kier molecular flexibility index (Phi) is 2.81. The molecule has 3 rings (SSSR count). The lowest BCUT2D eigenvalue weighted by Gasteiger charge is -2.07. The van der Waals surface area contributed by atoms with E-state index < -0.39 is 0 Å². The maximum atomic E-state index is 10.7. The number of aromatic nitrogens is 1. The van der Waals surface area contributed by atoms with E-state index in [9.17, 15) is 4.79 Å². The second-order valence-electron chi connectivity index (χ2n) is 4.46. The van der Waals surface area contributed by atoms with E-state index >= 15 is 0 Å². The van der Waals surface area contributed by atoms with Crippen molar-refractivity contribution in [3.05, 3.63) is 53.3 Å². The van der Waals surface area contributed by atoms with Crippen LogP contribution in [0.25, 0.3) is 0 Å². The summed E-state index contributed by atoms with van der Waals surface area (Å²) in [4.78, 5) is 14.6. The zero-order chi connectivity index (χ0) is 12.4. The third-order valence-electron chi connectivity index (χ3n) is 3.18. The smallest absolute Gasteiger partial charge is 0.151 e. The first-order chi connectivity index (χ1) is 8.85. The number of benzene rings is 1. The topological polar surface area (TPSA) is 39.2 Å². The Bertz CT molecular complexity index is 593. The third kappa shape index (κ3) is 2.12. The lowest BCUT2D eigenvalue weighted by molar-refractivity contribution is 0.112. The highest BCUT2D eigenvalue weighted by Gasteiger charge is 2.11. The van der Waals surface area contributed by atoms with Crippen LogP contribution < -0.4 is 4.74 Å². The quantitative estimate of drug-likeness (QED) is 0.772. The fourth-order valence-electron chi connectivity index (χ4n) is 2.30. The van der Waals surface area contributed by atoms with Crippen LogP contribution >= 0.6 is 0 Å². The first kappa shape index (κ1) is 11.0. The van der Waals surface area contributed by atoms with Gasteiger partial charge in [-0.05, 0) is 48.6 Å². The number of hydrogen-bond acceptors (Lipinski definition) is 3. The predicted molar refractivity (Wildman–Crippen MR) is 68.2 cm³/mol. The van der Waals surface area contributed by atoms with Gasteiger partial charge in [-0.3, -0.25) is 9.78 Å². The summed E-state index contributed by atoms with van der Waals surface area (Å²) in [6, 6.07) is 7.86. The van der Waals surface area contributed by atoms with Crippen molar-refractivity contribution in [3.8, 4) is 11.5 Å². The zero-order valence-corrected chi connectivity index (χ0v) is 9.93. The molecule has 90 valence electrons. The molecule has 0 radical (unpaired) electrons. The van der Waals surface area contributed by atoms with E-state index in [1.54, 1.807) is 12.3 Å². The van der Waals surface area contributed by atoms with Crippen molar-refractivity contribution in [2.75, 3.05) is 0 Å². The van der Waals surface area contributed by atoms with E-state index in [4.69, 9.17) is 4.74 Å². The molecule has 1 aromatic carbocycles. The molecule has 2 aromatic rings. The fourth-order valence-corrected chi connectivity index (χ4v) is 2.30. The lowest BCUT2D eigenvalue weighted by Crippen LogP contribution is -1.90. The minimum Gasteiger partial charge on any atom is -0.456 e. The molecule has 1 aliphatic carbocycles. The van der Waals surface area contributed by atoms with Gasteiger partial charge in [0, 0.05) is 11.8 Å². The van der Waals surface area contributed by atoms with Gasteiger partial charge in [-0.15, -0.1) is 0 Å². The highest BCUT2D eigenvalue weighted by Crippen LogP contribution is 2.28. The zero-order valence-electron chi connectivity index (χ0n) is 9.93. The van der Waals surface area contributed by atoms with Crippen LogP contribution in [-0.2, 0) is 12.8 Å². The number of aryl methyl sites for hydroxylation is 2. The van der Waals surface area contributed by atoms with Gasteiger partial charge in [-0.25, -0.2) is 0 Å². The number of fused-ring (bicyclic) bond motifs is 1. The van der Waals surface area contributed by atoms with E-state index in [0.29, 0.717) is 11.3 Å². The molecule has 0 bridgehead atoms. The van der Waals surface area contributed by atoms with Crippen molar-refractivity contribution in [2.45, 2.75) is 19.3 Å². The monoisotopic (exact) mass is 239 g/mol. The van der Waals surface area contributed by atoms with Crippen LogP contribution in [0.2, 0.25) is 0 Å². The molecule has 1 heterocycles. The fraction of sp³-hybridized carbons (Fsp3) is 0.200. The maximum Gasteiger partial charge on any atom is 0.151 e. The Hall–Kier alpha value is -2.16. The van der Waals surface area contributed by atoms with Crippen molar-refractivity contribution in [3.63, 3.8) is 0 Å². The molecule has 0 aliphatic heterocycles. The molecule has 1 aromatic heterocycles. The van der Waals surface area contributed by atoms with Crippen LogP contribution in [0.5, 0.6) is 11.5 Å². The van der Waals surface area contributed by atoms with Crippen LogP contribution in [0.4, 0.5) is 0 Å². The van der Waals surface area contributed by atoms with Gasteiger partial charge in [0.2, 0.25) is 0 Å². The molecule has 0 unspecified atom stereocenters. The van der Waals surface area contributed by atoms with E-state index in [1.807, 2.05) is 6.07 Å². The van der Waals surface area contributed by atoms with E-state index in [-0.39, 0.29) is 0 Å². The molecule has 3 heteroatoms. The molecule has 3 nitrogen and oxygen atoms in total. The molecular weight excluding hydrogens is 226 g/mol. The Labute approximate surface area is 105 Å². The minimum atomic E-state index is 0.522. The third-order valence-corrected chi connectivity index (χ3v) is 3.18. The van der Waals surface area contributed by atoms with Crippen LogP contribution in [0, 0.1) is 0 Å². The maximum absolute atomic E-state index is 10.7. The number of rotatable bonds is 3. The van der Waals surface area contributed by atoms with Crippen molar-refractivity contribution >= 4 is 6.29 Å². The van der Waals surface area contributed by atoms with Crippen LogP contribution in [0.3, 0.4) is 0 Å². The predicted octanol–water partition coefficient (Wildman–Crippen LogP) is 3.18. The minimum absolute atomic E-state index is 0.522. The van der Waals surface area contributed by atoms with E-state index in [1.165, 1.54) is 23.7 Å². The highest BCUT2D eigenvalue weighted by molar-refractivity contribution is 5.74. The van der Waals surface area contributed by atoms with Crippen molar-refractivity contribution in [1.29, 1.82) is 0 Å². The number of carbonyl (C=O) groups excluding carboxylic acids is 1. The normalized spacial score (nSPS) is 13.1. The molecular formula is C15H13NO2. The Morgan fingerprint density at radius 3 is 2.83 bits per heavy atom. The molecule has 0 saturated heterocycles. The van der Waals surface area contributed by atoms with Gasteiger partial charge < -0.3 is 4.74 Å². The van der Waals surface area contributed by atoms with Crippen molar-refractivity contribution < 1.29 is 9.53 Å². The number of carbonyl (C=O) groups is 1. The number of hydrogen-bond donors (Lipinski definition) is 0. The molecule has 0 fully saturated rings. The molecule has 0 N–H and O–H groups in total. The molecule has 0 saturated carbocycles. The van der Waals surface area contributed by atoms with E-state index in [2.05, 4.69) is 17.1 Å². The van der Waals surface area contributed by atoms with Crippen LogP contribution in [0.15, 0.2) is 36.7 Å². The first-order valence-electron chi connectivity index (χ1n) is 6.05. The van der Waals surface area contributed by atoms with Crippen LogP contribution in [0.1, 0.15) is 27.9 Å². The van der Waals surface area contributed by atoms with Gasteiger partial charge in [0.1, 0.15) is 11.5 Å². The Morgan fingerprint density at radius 2 is 1.94 bits per heavy atom. The number of aldehydes is 1. The number of ether oxygens (including phenoxy) is 1. The standard InChI is InChI=1S/C15H13NO2/c17-10-11-6-15(9-16-8-11)18-14-5-4-12-2-1-3-13(12)7-14/h4-10H,1-3H2. The Balaban J connectivity index is 1.85. The average molecular weight is 239 g/mol. The van der Waals surface area contributed by atoms with Crippen molar-refractivity contribution in [1.82, 2.24) is 4.98 Å². The average Bonchev–Trinajstić information content (AvgIpc) is 2.86. The molecule has 0 atom stereocenters. The van der Waals surface area contributed by atoms with Gasteiger partial charge in [-0.2, -0.15) is 0 Å². The lowest BCUT2D eigenvalue weighted by atomic mass is 10.1. The molecule has 1 aliphatic rings. The number of nitrogens with zero attached hydrogens (tertiary/aromatic N) is 1. The van der Waals surface area contributed by atoms with Gasteiger partial charge in [0.25, 0.3) is 0 Å². The van der Waals surface area contributed by atoms with Gasteiger partial charge in [0.05, 0.1) is 6.20 Å². The van der Waals surface area contributed by atoms with Crippen LogP contribution in [-0.4, -0.2) is 11.3 Å². The summed E-state index contributed by atoms with van der Waals surface area (Å²) < 4.78 is 5.72. The number of pyridine rings is 1. The van der Waals surface area contributed by atoms with Gasteiger partial charge >= 0.3 is 0 Å². The molecule has 0 spiro atoms. The summed E-state index contributed by atoms with van der Waals surface area (Å²) in [7, 11) is 0. The van der Waals surface area contributed by atoms with Crippen molar-refractivity contribution in [2.24, 2.45) is 0 Å². The highest BCUT2D eigenvalue weighted by atomic mass is 16.5. The largest absolute Gasteiger partial charge is 0.456 e. The molecule has 18 heavy (non-hydrogen) atoms. The summed E-state index contributed by atoms with van der Waals surface area (Å²) >= 11 is 0. The summed E-state index contributed by atoms with van der Waals surface area (Å²) in [5, 5.41) is 0. The molecule has 0 amide bonds. The summed E-state index contributed by atoms with van der Waals surface area (Å²) in [5.41, 5.74) is 3.31. The second-order valence-corrected chi connectivity index (χ2v) is 4.46. The first-order valence-corrected chi connectivity index (χ1v) is 6.05. The summed E-state index contributed by atoms with van der Waals surface area (Å²) in [5.74, 6) is 1.40. The Morgan fingerprint density at radius 1 is 1.06 bits per heavy atom. The van der Waals surface area contributed by atoms with Gasteiger partial charge in [0.15, 0.2) is 6.29 Å². The SMILES string of the molecule is O=Cc1cncc(Oc2ccc3c(c2)CCC3)c1. The summed E-state index contributed by atoms with van der Waals surface area (Å²) in [6.07, 6.45) is 7.41. The second kappa shape index (κ2) is 4.61.